The smallest absolute Gasteiger partial charge is 0.258 e. The standard InChI is InChI=1S/C18H19FN2O/c1-3-12(2)21-17(13-8-4-6-10-15(13)19)20-16-11-7-5-9-14(16)18(21)22/h4-12,17,20H,3H2,1-2H3/t12-,17-/m0/s1. The fourth-order valence-corrected chi connectivity index (χ4v) is 2.84. The average molecular weight is 298 g/mol. The zero-order valence-corrected chi connectivity index (χ0v) is 12.7. The van der Waals surface area contributed by atoms with E-state index in [-0.39, 0.29) is 17.8 Å². The number of amides is 1. The number of carbonyl (C=O) groups excluding carboxylic acids is 1. The second kappa shape index (κ2) is 5.79. The van der Waals surface area contributed by atoms with E-state index in [1.165, 1.54) is 6.07 Å². The summed E-state index contributed by atoms with van der Waals surface area (Å²) in [6.07, 6.45) is 0.319. The van der Waals surface area contributed by atoms with Crippen molar-refractivity contribution in [3.8, 4) is 0 Å². The predicted octanol–water partition coefficient (Wildman–Crippen LogP) is 4.19. The first-order valence-corrected chi connectivity index (χ1v) is 7.56. The maximum atomic E-state index is 14.2. The molecule has 2 atom stereocenters. The third-order valence-electron chi connectivity index (χ3n) is 4.23. The monoisotopic (exact) mass is 298 g/mol. The number of hydrogen-bond donors (Lipinski definition) is 1. The van der Waals surface area contributed by atoms with Crippen LogP contribution < -0.4 is 5.32 Å². The van der Waals surface area contributed by atoms with Crippen LogP contribution in [0.25, 0.3) is 0 Å². The molecule has 2 aromatic rings. The number of carbonyl (C=O) groups is 1. The molecule has 1 heterocycles. The number of fused-ring (bicyclic) bond motifs is 1. The van der Waals surface area contributed by atoms with E-state index in [9.17, 15) is 9.18 Å². The van der Waals surface area contributed by atoms with E-state index >= 15 is 0 Å². The van der Waals surface area contributed by atoms with Gasteiger partial charge in [-0.15, -0.1) is 0 Å². The highest BCUT2D eigenvalue weighted by Gasteiger charge is 2.36. The summed E-state index contributed by atoms with van der Waals surface area (Å²) in [6, 6.07) is 14.0. The van der Waals surface area contributed by atoms with Crippen LogP contribution in [-0.4, -0.2) is 16.8 Å². The highest BCUT2D eigenvalue weighted by atomic mass is 19.1. The largest absolute Gasteiger partial charge is 0.361 e. The lowest BCUT2D eigenvalue weighted by Crippen LogP contribution is -2.47. The van der Waals surface area contributed by atoms with Crippen molar-refractivity contribution in [2.75, 3.05) is 5.32 Å². The van der Waals surface area contributed by atoms with Crippen molar-refractivity contribution >= 4 is 11.6 Å². The quantitative estimate of drug-likeness (QED) is 0.921. The minimum atomic E-state index is -0.487. The molecule has 0 radical (unpaired) electrons. The Balaban J connectivity index is 2.11. The minimum Gasteiger partial charge on any atom is -0.361 e. The zero-order chi connectivity index (χ0) is 15.7. The van der Waals surface area contributed by atoms with Crippen molar-refractivity contribution in [1.29, 1.82) is 0 Å². The number of para-hydroxylation sites is 1. The van der Waals surface area contributed by atoms with E-state index in [2.05, 4.69) is 5.32 Å². The van der Waals surface area contributed by atoms with Gasteiger partial charge in [0, 0.05) is 17.3 Å². The Morgan fingerprint density at radius 2 is 1.86 bits per heavy atom. The number of benzene rings is 2. The van der Waals surface area contributed by atoms with E-state index in [1.807, 2.05) is 32.0 Å². The minimum absolute atomic E-state index is 0.0120. The van der Waals surface area contributed by atoms with Crippen LogP contribution >= 0.6 is 0 Å². The van der Waals surface area contributed by atoms with Crippen molar-refractivity contribution < 1.29 is 9.18 Å². The van der Waals surface area contributed by atoms with Gasteiger partial charge in [-0.3, -0.25) is 4.79 Å². The molecule has 0 fully saturated rings. The molecular formula is C18H19FN2O. The van der Waals surface area contributed by atoms with Crippen LogP contribution in [0.5, 0.6) is 0 Å². The summed E-state index contributed by atoms with van der Waals surface area (Å²) in [7, 11) is 0. The van der Waals surface area contributed by atoms with Gasteiger partial charge in [-0.2, -0.15) is 0 Å². The number of anilines is 1. The molecule has 22 heavy (non-hydrogen) atoms. The lowest BCUT2D eigenvalue weighted by Gasteiger charge is -2.41. The summed E-state index contributed by atoms with van der Waals surface area (Å²) in [5.41, 5.74) is 1.88. The maximum Gasteiger partial charge on any atom is 0.258 e. The van der Waals surface area contributed by atoms with Gasteiger partial charge in [-0.25, -0.2) is 4.39 Å². The van der Waals surface area contributed by atoms with Crippen LogP contribution in [0.2, 0.25) is 0 Å². The number of nitrogens with zero attached hydrogens (tertiary/aromatic N) is 1. The van der Waals surface area contributed by atoms with Crippen molar-refractivity contribution in [2.45, 2.75) is 32.5 Å². The molecule has 1 amide bonds. The normalized spacial score (nSPS) is 18.6. The molecule has 0 saturated heterocycles. The van der Waals surface area contributed by atoms with Crippen molar-refractivity contribution in [1.82, 2.24) is 4.90 Å². The Morgan fingerprint density at radius 3 is 2.59 bits per heavy atom. The summed E-state index contributed by atoms with van der Waals surface area (Å²) in [5.74, 6) is -0.363. The van der Waals surface area contributed by atoms with Gasteiger partial charge in [-0.1, -0.05) is 37.3 Å². The van der Waals surface area contributed by atoms with Crippen molar-refractivity contribution in [2.24, 2.45) is 0 Å². The molecule has 2 aromatic carbocycles. The summed E-state index contributed by atoms with van der Waals surface area (Å²) < 4.78 is 14.2. The number of nitrogens with one attached hydrogen (secondary N) is 1. The third kappa shape index (κ3) is 2.34. The molecule has 0 bridgehead atoms. The molecule has 1 N–H and O–H groups in total. The summed E-state index contributed by atoms with van der Waals surface area (Å²) in [5, 5.41) is 3.31. The van der Waals surface area contributed by atoms with E-state index < -0.39 is 6.17 Å². The molecule has 114 valence electrons. The lowest BCUT2D eigenvalue weighted by molar-refractivity contribution is 0.0590. The van der Waals surface area contributed by atoms with Gasteiger partial charge in [0.25, 0.3) is 5.91 Å². The van der Waals surface area contributed by atoms with Gasteiger partial charge in [-0.05, 0) is 31.5 Å². The molecule has 1 aliphatic heterocycles. The first kappa shape index (κ1) is 14.6. The Morgan fingerprint density at radius 1 is 1.18 bits per heavy atom. The first-order chi connectivity index (χ1) is 10.6. The molecule has 4 heteroatoms. The Labute approximate surface area is 129 Å². The molecule has 1 aliphatic rings. The second-order valence-corrected chi connectivity index (χ2v) is 5.58. The van der Waals surface area contributed by atoms with Crippen LogP contribution in [0.1, 0.15) is 42.4 Å². The summed E-state index contributed by atoms with van der Waals surface area (Å²) in [6.45, 7) is 4.01. The van der Waals surface area contributed by atoms with Gasteiger partial charge >= 0.3 is 0 Å². The molecular weight excluding hydrogens is 279 g/mol. The highest BCUT2D eigenvalue weighted by molar-refractivity contribution is 6.01. The molecule has 3 nitrogen and oxygen atoms in total. The van der Waals surface area contributed by atoms with E-state index in [4.69, 9.17) is 0 Å². The molecule has 0 aromatic heterocycles. The van der Waals surface area contributed by atoms with Gasteiger partial charge < -0.3 is 10.2 Å². The molecule has 0 aliphatic carbocycles. The van der Waals surface area contributed by atoms with Crippen LogP contribution in [-0.2, 0) is 0 Å². The van der Waals surface area contributed by atoms with Crippen LogP contribution in [0.3, 0.4) is 0 Å². The molecule has 3 rings (SSSR count). The predicted molar refractivity (Wildman–Crippen MR) is 85.1 cm³/mol. The topological polar surface area (TPSA) is 32.3 Å². The Kier molecular flexibility index (Phi) is 3.84. The first-order valence-electron chi connectivity index (χ1n) is 7.56. The summed E-state index contributed by atoms with van der Waals surface area (Å²) >= 11 is 0. The van der Waals surface area contributed by atoms with Gasteiger partial charge in [0.1, 0.15) is 12.0 Å². The average Bonchev–Trinajstić information content (AvgIpc) is 2.54. The molecule has 0 saturated carbocycles. The summed E-state index contributed by atoms with van der Waals surface area (Å²) in [4.78, 5) is 14.6. The van der Waals surface area contributed by atoms with Gasteiger partial charge in [0.05, 0.1) is 5.56 Å². The SMILES string of the molecule is CC[C@H](C)N1C(=O)c2ccccc2N[C@@H]1c1ccccc1F. The molecule has 0 spiro atoms. The van der Waals surface area contributed by atoms with E-state index in [1.54, 1.807) is 29.2 Å². The van der Waals surface area contributed by atoms with Crippen LogP contribution in [0.4, 0.5) is 10.1 Å². The van der Waals surface area contributed by atoms with E-state index in [0.29, 0.717) is 11.1 Å². The van der Waals surface area contributed by atoms with Gasteiger partial charge in [0.2, 0.25) is 0 Å². The Bertz CT molecular complexity index is 701. The lowest BCUT2D eigenvalue weighted by atomic mass is 10.0. The second-order valence-electron chi connectivity index (χ2n) is 5.58. The number of halogens is 1. The maximum absolute atomic E-state index is 14.2. The molecule has 0 unspecified atom stereocenters. The number of rotatable bonds is 3. The number of hydrogen-bond acceptors (Lipinski definition) is 2. The fourth-order valence-electron chi connectivity index (χ4n) is 2.84. The van der Waals surface area contributed by atoms with Crippen molar-refractivity contribution in [3.05, 3.63) is 65.5 Å². The van der Waals surface area contributed by atoms with Crippen LogP contribution in [0, 0.1) is 5.82 Å². The zero-order valence-electron chi connectivity index (χ0n) is 12.7. The van der Waals surface area contributed by atoms with Crippen molar-refractivity contribution in [3.63, 3.8) is 0 Å². The van der Waals surface area contributed by atoms with E-state index in [0.717, 1.165) is 12.1 Å². The van der Waals surface area contributed by atoms with Gasteiger partial charge in [0.15, 0.2) is 0 Å². The Hall–Kier alpha value is -2.36. The van der Waals surface area contributed by atoms with Crippen LogP contribution in [0.15, 0.2) is 48.5 Å². The highest BCUT2D eigenvalue weighted by Crippen LogP contribution is 2.35. The third-order valence-corrected chi connectivity index (χ3v) is 4.23. The fraction of sp³-hybridized carbons (Fsp3) is 0.278.